The summed E-state index contributed by atoms with van der Waals surface area (Å²) in [6.45, 7) is 2.09. The number of nitrogens with one attached hydrogen (secondary N) is 1. The van der Waals surface area contributed by atoms with Crippen LogP contribution in [0.15, 0.2) is 18.2 Å². The molecule has 2 aliphatic rings. The molecule has 0 spiro atoms. The van der Waals surface area contributed by atoms with E-state index in [9.17, 15) is 4.79 Å². The first-order chi connectivity index (χ1) is 10.8. The van der Waals surface area contributed by atoms with Gasteiger partial charge >= 0.3 is 0 Å². The van der Waals surface area contributed by atoms with Gasteiger partial charge in [0.1, 0.15) is 13.2 Å². The first-order valence-electron chi connectivity index (χ1n) is 8.46. The van der Waals surface area contributed by atoms with Gasteiger partial charge in [-0.25, -0.2) is 0 Å². The highest BCUT2D eigenvalue weighted by molar-refractivity contribution is 5.75. The van der Waals surface area contributed by atoms with Crippen LogP contribution in [0.5, 0.6) is 11.5 Å². The number of amides is 1. The molecule has 1 aliphatic heterocycles. The van der Waals surface area contributed by atoms with E-state index in [1.165, 1.54) is 31.2 Å². The fourth-order valence-electron chi connectivity index (χ4n) is 3.26. The molecule has 0 saturated heterocycles. The monoisotopic (exact) mass is 303 g/mol. The van der Waals surface area contributed by atoms with Gasteiger partial charge in [0.25, 0.3) is 0 Å². The third-order valence-corrected chi connectivity index (χ3v) is 4.54. The molecule has 1 heterocycles. The maximum Gasteiger partial charge on any atom is 0.220 e. The topological polar surface area (TPSA) is 47.6 Å². The van der Waals surface area contributed by atoms with E-state index in [2.05, 4.69) is 11.4 Å². The van der Waals surface area contributed by atoms with Crippen molar-refractivity contribution < 1.29 is 14.3 Å². The fraction of sp³-hybridized carbons (Fsp3) is 0.611. The van der Waals surface area contributed by atoms with E-state index >= 15 is 0 Å². The maximum absolute atomic E-state index is 11.9. The lowest BCUT2D eigenvalue weighted by molar-refractivity contribution is -0.121. The van der Waals surface area contributed by atoms with Gasteiger partial charge in [-0.1, -0.05) is 18.9 Å². The van der Waals surface area contributed by atoms with E-state index in [0.29, 0.717) is 25.6 Å². The molecule has 0 atom stereocenters. The average molecular weight is 303 g/mol. The van der Waals surface area contributed by atoms with E-state index in [-0.39, 0.29) is 5.91 Å². The molecule has 1 fully saturated rings. The minimum absolute atomic E-state index is 0.185. The summed E-state index contributed by atoms with van der Waals surface area (Å²) < 4.78 is 11.1. The first-order valence-corrected chi connectivity index (χ1v) is 8.46. The first kappa shape index (κ1) is 15.2. The van der Waals surface area contributed by atoms with E-state index in [4.69, 9.17) is 9.47 Å². The van der Waals surface area contributed by atoms with Gasteiger partial charge in [-0.2, -0.15) is 0 Å². The van der Waals surface area contributed by atoms with Crippen LogP contribution in [0.3, 0.4) is 0 Å². The summed E-state index contributed by atoms with van der Waals surface area (Å²) in [6.07, 6.45) is 7.56. The van der Waals surface area contributed by atoms with Crippen LogP contribution in [0.4, 0.5) is 0 Å². The zero-order chi connectivity index (χ0) is 15.2. The summed E-state index contributed by atoms with van der Waals surface area (Å²) >= 11 is 0. The highest BCUT2D eigenvalue weighted by Gasteiger charge is 2.15. The summed E-state index contributed by atoms with van der Waals surface area (Å²) in [5, 5.41) is 3.08. The molecule has 1 aliphatic carbocycles. The molecule has 4 nitrogen and oxygen atoms in total. The molecule has 4 heteroatoms. The van der Waals surface area contributed by atoms with Crippen molar-refractivity contribution in [1.29, 1.82) is 0 Å². The van der Waals surface area contributed by atoms with Crippen LogP contribution >= 0.6 is 0 Å². The number of fused-ring (bicyclic) bond motifs is 1. The number of hydrogen-bond acceptors (Lipinski definition) is 3. The third-order valence-electron chi connectivity index (χ3n) is 4.54. The second-order valence-corrected chi connectivity index (χ2v) is 6.29. The van der Waals surface area contributed by atoms with Gasteiger partial charge < -0.3 is 14.8 Å². The molecule has 0 radical (unpaired) electrons. The Balaban J connectivity index is 1.38. The molecule has 0 unspecified atom stereocenters. The molecule has 0 bridgehead atoms. The van der Waals surface area contributed by atoms with Gasteiger partial charge in [0.2, 0.25) is 5.91 Å². The van der Waals surface area contributed by atoms with Crippen molar-refractivity contribution in [3.05, 3.63) is 23.8 Å². The highest BCUT2D eigenvalue weighted by atomic mass is 16.6. The number of rotatable bonds is 6. The van der Waals surface area contributed by atoms with Gasteiger partial charge in [0.05, 0.1) is 0 Å². The normalized spacial score (nSPS) is 17.5. The molecule has 1 aromatic rings. The Bertz CT molecular complexity index is 509. The van der Waals surface area contributed by atoms with Crippen molar-refractivity contribution in [2.24, 2.45) is 5.92 Å². The summed E-state index contributed by atoms with van der Waals surface area (Å²) in [7, 11) is 0. The van der Waals surface area contributed by atoms with E-state index < -0.39 is 0 Å². The van der Waals surface area contributed by atoms with Gasteiger partial charge in [-0.05, 0) is 49.3 Å². The predicted molar refractivity (Wildman–Crippen MR) is 85.3 cm³/mol. The minimum atomic E-state index is 0.185. The van der Waals surface area contributed by atoms with Crippen LogP contribution in [0.25, 0.3) is 0 Å². The molecular weight excluding hydrogens is 278 g/mol. The fourth-order valence-corrected chi connectivity index (χ4v) is 3.26. The Morgan fingerprint density at radius 3 is 2.73 bits per heavy atom. The number of carbonyl (C=O) groups excluding carboxylic acids is 1. The Morgan fingerprint density at radius 2 is 1.91 bits per heavy atom. The van der Waals surface area contributed by atoms with Gasteiger partial charge in [0.15, 0.2) is 11.5 Å². The van der Waals surface area contributed by atoms with Crippen molar-refractivity contribution in [3.63, 3.8) is 0 Å². The number of benzene rings is 1. The Labute approximate surface area is 132 Å². The minimum Gasteiger partial charge on any atom is -0.486 e. The van der Waals surface area contributed by atoms with E-state index in [1.54, 1.807) is 0 Å². The second kappa shape index (κ2) is 7.52. The van der Waals surface area contributed by atoms with Crippen LogP contribution in [0.1, 0.15) is 44.1 Å². The average Bonchev–Trinajstić information content (AvgIpc) is 3.06. The second-order valence-electron chi connectivity index (χ2n) is 6.29. The quantitative estimate of drug-likeness (QED) is 0.878. The summed E-state index contributed by atoms with van der Waals surface area (Å²) in [5.41, 5.74) is 1.20. The summed E-state index contributed by atoms with van der Waals surface area (Å²) in [5.74, 6) is 2.55. The molecular formula is C18H25NO3. The lowest BCUT2D eigenvalue weighted by Crippen LogP contribution is -2.28. The Morgan fingerprint density at radius 1 is 1.14 bits per heavy atom. The predicted octanol–water partition coefficient (Wildman–Crippen LogP) is 3.09. The molecule has 0 aromatic heterocycles. The largest absolute Gasteiger partial charge is 0.486 e. The molecule has 3 rings (SSSR count). The third kappa shape index (κ3) is 4.15. The summed E-state index contributed by atoms with van der Waals surface area (Å²) in [4.78, 5) is 11.9. The van der Waals surface area contributed by atoms with Gasteiger partial charge in [-0.3, -0.25) is 4.79 Å². The SMILES string of the molecule is O=C(CCCc1ccc2c(c1)OCCO2)NCC1CCCC1. The summed E-state index contributed by atoms with van der Waals surface area (Å²) in [6, 6.07) is 6.05. The van der Waals surface area contributed by atoms with Crippen LogP contribution in [0.2, 0.25) is 0 Å². The van der Waals surface area contributed by atoms with Crippen LogP contribution < -0.4 is 14.8 Å². The highest BCUT2D eigenvalue weighted by Crippen LogP contribution is 2.31. The Kier molecular flexibility index (Phi) is 5.20. The number of hydrogen-bond donors (Lipinski definition) is 1. The standard InChI is InChI=1S/C18H25NO3/c20-18(19-13-15-4-1-2-5-15)7-3-6-14-8-9-16-17(12-14)22-11-10-21-16/h8-9,12,15H,1-7,10-11,13H2,(H,19,20). The van der Waals surface area contributed by atoms with Crippen LogP contribution in [-0.4, -0.2) is 25.7 Å². The molecule has 120 valence electrons. The van der Waals surface area contributed by atoms with Crippen molar-refractivity contribution in [1.82, 2.24) is 5.32 Å². The lowest BCUT2D eigenvalue weighted by Gasteiger charge is -2.18. The van der Waals surface area contributed by atoms with Crippen LogP contribution in [0, 0.1) is 5.92 Å². The number of carbonyl (C=O) groups is 1. The molecule has 22 heavy (non-hydrogen) atoms. The van der Waals surface area contributed by atoms with Crippen molar-refractivity contribution in [2.75, 3.05) is 19.8 Å². The molecule has 1 saturated carbocycles. The van der Waals surface area contributed by atoms with Crippen molar-refractivity contribution >= 4 is 5.91 Å². The number of ether oxygens (including phenoxy) is 2. The van der Waals surface area contributed by atoms with Crippen molar-refractivity contribution in [2.45, 2.75) is 44.9 Å². The molecule has 1 amide bonds. The van der Waals surface area contributed by atoms with E-state index in [1.807, 2.05) is 12.1 Å². The Hall–Kier alpha value is -1.71. The zero-order valence-electron chi connectivity index (χ0n) is 13.1. The van der Waals surface area contributed by atoms with Gasteiger partial charge in [0, 0.05) is 13.0 Å². The van der Waals surface area contributed by atoms with Crippen LogP contribution in [-0.2, 0) is 11.2 Å². The van der Waals surface area contributed by atoms with Gasteiger partial charge in [-0.15, -0.1) is 0 Å². The van der Waals surface area contributed by atoms with E-state index in [0.717, 1.165) is 30.9 Å². The molecule has 1 aromatic carbocycles. The maximum atomic E-state index is 11.9. The number of aryl methyl sites for hydroxylation is 1. The lowest BCUT2D eigenvalue weighted by atomic mass is 10.1. The smallest absolute Gasteiger partial charge is 0.220 e. The zero-order valence-corrected chi connectivity index (χ0v) is 13.1. The van der Waals surface area contributed by atoms with Crippen molar-refractivity contribution in [3.8, 4) is 11.5 Å². The molecule has 1 N–H and O–H groups in total.